The van der Waals surface area contributed by atoms with Crippen molar-refractivity contribution in [1.82, 2.24) is 5.32 Å². The lowest BCUT2D eigenvalue weighted by Gasteiger charge is -2.40. The number of alkyl halides is 3. The van der Waals surface area contributed by atoms with Crippen molar-refractivity contribution in [3.63, 3.8) is 0 Å². The topological polar surface area (TPSA) is 38.3 Å². The first-order chi connectivity index (χ1) is 8.85. The lowest BCUT2D eigenvalue weighted by atomic mass is 9.75. The van der Waals surface area contributed by atoms with Crippen LogP contribution in [0, 0.1) is 5.92 Å². The molecule has 1 saturated carbocycles. The van der Waals surface area contributed by atoms with Gasteiger partial charge in [-0.1, -0.05) is 13.3 Å². The highest BCUT2D eigenvalue weighted by atomic mass is 19.4. The number of hydrogen-bond donors (Lipinski definition) is 1. The third-order valence-corrected chi connectivity index (χ3v) is 3.59. The van der Waals surface area contributed by atoms with Crippen molar-refractivity contribution in [1.29, 1.82) is 0 Å². The second kappa shape index (κ2) is 6.59. The minimum Gasteiger partial charge on any atom is -0.465 e. The normalized spacial score (nSPS) is 28.2. The Morgan fingerprint density at radius 3 is 2.63 bits per heavy atom. The van der Waals surface area contributed by atoms with E-state index in [1.807, 2.05) is 6.92 Å². The molecule has 19 heavy (non-hydrogen) atoms. The van der Waals surface area contributed by atoms with E-state index in [2.05, 4.69) is 5.32 Å². The quantitative estimate of drug-likeness (QED) is 0.787. The molecule has 0 radical (unpaired) electrons. The van der Waals surface area contributed by atoms with Crippen LogP contribution >= 0.6 is 0 Å². The summed E-state index contributed by atoms with van der Waals surface area (Å²) >= 11 is 0. The minimum atomic E-state index is -4.24. The van der Waals surface area contributed by atoms with Gasteiger partial charge in [0.25, 0.3) is 0 Å². The molecule has 6 heteroatoms. The summed E-state index contributed by atoms with van der Waals surface area (Å²) in [6.45, 7) is 4.28. The third kappa shape index (κ3) is 4.09. The van der Waals surface area contributed by atoms with Crippen molar-refractivity contribution < 1.29 is 22.7 Å². The summed E-state index contributed by atoms with van der Waals surface area (Å²) in [4.78, 5) is 12.0. The third-order valence-electron chi connectivity index (χ3n) is 3.59. The van der Waals surface area contributed by atoms with E-state index in [0.717, 1.165) is 6.42 Å². The average molecular weight is 281 g/mol. The number of ether oxygens (including phenoxy) is 1. The van der Waals surface area contributed by atoms with Crippen LogP contribution in [0.2, 0.25) is 0 Å². The van der Waals surface area contributed by atoms with E-state index in [1.165, 1.54) is 0 Å². The molecular formula is C13H22F3NO2. The first-order valence-corrected chi connectivity index (χ1v) is 6.84. The Balaban J connectivity index is 2.86. The van der Waals surface area contributed by atoms with Crippen LogP contribution in [0.1, 0.15) is 46.0 Å². The summed E-state index contributed by atoms with van der Waals surface area (Å²) in [6.07, 6.45) is -2.80. The second-order valence-electron chi connectivity index (χ2n) is 5.06. The van der Waals surface area contributed by atoms with E-state index in [4.69, 9.17) is 4.74 Å². The summed E-state index contributed by atoms with van der Waals surface area (Å²) < 4.78 is 43.6. The van der Waals surface area contributed by atoms with Gasteiger partial charge in [0, 0.05) is 0 Å². The van der Waals surface area contributed by atoms with Crippen LogP contribution in [0.15, 0.2) is 0 Å². The Morgan fingerprint density at radius 2 is 2.11 bits per heavy atom. The predicted molar refractivity (Wildman–Crippen MR) is 65.7 cm³/mol. The van der Waals surface area contributed by atoms with Gasteiger partial charge in [-0.25, -0.2) is 0 Å². The van der Waals surface area contributed by atoms with Crippen LogP contribution in [-0.4, -0.2) is 30.8 Å². The number of esters is 1. The smallest absolute Gasteiger partial charge is 0.391 e. The lowest BCUT2D eigenvalue weighted by molar-refractivity contribution is -0.192. The standard InChI is InChI=1S/C13H22F3NO2/c1-3-8-17-12(11(18)19-4-2)7-5-6-10(9-12)13(14,15)16/h10,17H,3-9H2,1-2H3. The molecule has 1 rings (SSSR count). The highest BCUT2D eigenvalue weighted by molar-refractivity contribution is 5.81. The van der Waals surface area contributed by atoms with Crippen molar-refractivity contribution >= 4 is 5.97 Å². The maximum Gasteiger partial charge on any atom is 0.391 e. The summed E-state index contributed by atoms with van der Waals surface area (Å²) in [5.74, 6) is -1.97. The molecule has 1 fully saturated rings. The lowest BCUT2D eigenvalue weighted by Crippen LogP contribution is -2.57. The van der Waals surface area contributed by atoms with Crippen LogP contribution in [0.3, 0.4) is 0 Å². The highest BCUT2D eigenvalue weighted by Crippen LogP contribution is 2.42. The molecule has 3 nitrogen and oxygen atoms in total. The number of nitrogens with one attached hydrogen (secondary N) is 1. The van der Waals surface area contributed by atoms with E-state index in [1.54, 1.807) is 6.92 Å². The van der Waals surface area contributed by atoms with Crippen molar-refractivity contribution in [3.05, 3.63) is 0 Å². The number of carbonyl (C=O) groups excluding carboxylic acids is 1. The highest BCUT2D eigenvalue weighted by Gasteiger charge is 2.51. The first kappa shape index (κ1) is 16.3. The SMILES string of the molecule is CCCNC1(C(=O)OCC)CCCC(C(F)(F)F)C1. The monoisotopic (exact) mass is 281 g/mol. The summed E-state index contributed by atoms with van der Waals surface area (Å²) in [5.41, 5.74) is -1.16. The summed E-state index contributed by atoms with van der Waals surface area (Å²) in [7, 11) is 0. The van der Waals surface area contributed by atoms with E-state index in [0.29, 0.717) is 19.4 Å². The van der Waals surface area contributed by atoms with Gasteiger partial charge in [-0.15, -0.1) is 0 Å². The van der Waals surface area contributed by atoms with Crippen molar-refractivity contribution in [3.8, 4) is 0 Å². The number of rotatable bonds is 5. The van der Waals surface area contributed by atoms with Gasteiger partial charge in [-0.2, -0.15) is 13.2 Å². The molecule has 0 heterocycles. The molecule has 1 aliphatic carbocycles. The van der Waals surface area contributed by atoms with Crippen LogP contribution < -0.4 is 5.32 Å². The fraction of sp³-hybridized carbons (Fsp3) is 0.923. The Labute approximate surface area is 111 Å². The van der Waals surface area contributed by atoms with E-state index < -0.39 is 23.6 Å². The molecule has 1 aliphatic rings. The van der Waals surface area contributed by atoms with Gasteiger partial charge in [0.1, 0.15) is 5.54 Å². The molecule has 0 aromatic carbocycles. The van der Waals surface area contributed by atoms with Gasteiger partial charge in [0.15, 0.2) is 0 Å². The molecule has 0 aromatic heterocycles. The average Bonchev–Trinajstić information content (AvgIpc) is 2.36. The Kier molecular flexibility index (Phi) is 5.64. The van der Waals surface area contributed by atoms with Crippen LogP contribution in [0.25, 0.3) is 0 Å². The van der Waals surface area contributed by atoms with Gasteiger partial charge in [0.05, 0.1) is 12.5 Å². The molecule has 1 N–H and O–H groups in total. The van der Waals surface area contributed by atoms with Gasteiger partial charge >= 0.3 is 12.1 Å². The van der Waals surface area contributed by atoms with E-state index in [9.17, 15) is 18.0 Å². The molecule has 0 aliphatic heterocycles. The molecule has 2 atom stereocenters. The fourth-order valence-electron chi connectivity index (χ4n) is 2.61. The molecule has 0 bridgehead atoms. The zero-order valence-corrected chi connectivity index (χ0v) is 11.5. The fourth-order valence-corrected chi connectivity index (χ4v) is 2.61. The van der Waals surface area contributed by atoms with Crippen molar-refractivity contribution in [2.45, 2.75) is 57.7 Å². The van der Waals surface area contributed by atoms with Gasteiger partial charge in [0.2, 0.25) is 0 Å². The number of carbonyl (C=O) groups is 1. The second-order valence-corrected chi connectivity index (χ2v) is 5.06. The number of halogens is 3. The Hall–Kier alpha value is -0.780. The molecule has 0 spiro atoms. The zero-order valence-electron chi connectivity index (χ0n) is 11.5. The van der Waals surface area contributed by atoms with Crippen LogP contribution in [0.4, 0.5) is 13.2 Å². The maximum absolute atomic E-state index is 12.9. The first-order valence-electron chi connectivity index (χ1n) is 6.84. The van der Waals surface area contributed by atoms with E-state index in [-0.39, 0.29) is 19.4 Å². The Bertz CT molecular complexity index is 307. The molecular weight excluding hydrogens is 259 g/mol. The minimum absolute atomic E-state index is 0.0957. The van der Waals surface area contributed by atoms with Gasteiger partial charge in [-0.3, -0.25) is 4.79 Å². The van der Waals surface area contributed by atoms with Gasteiger partial charge in [-0.05, 0) is 39.2 Å². The summed E-state index contributed by atoms with van der Waals surface area (Å²) in [5, 5.41) is 3.00. The van der Waals surface area contributed by atoms with Crippen LogP contribution in [0.5, 0.6) is 0 Å². The van der Waals surface area contributed by atoms with Crippen molar-refractivity contribution in [2.75, 3.05) is 13.2 Å². The zero-order chi connectivity index (χ0) is 14.5. The largest absolute Gasteiger partial charge is 0.465 e. The molecule has 2 unspecified atom stereocenters. The molecule has 0 aromatic rings. The van der Waals surface area contributed by atoms with Crippen LogP contribution in [-0.2, 0) is 9.53 Å². The Morgan fingerprint density at radius 1 is 1.42 bits per heavy atom. The predicted octanol–water partition coefficient (Wildman–Crippen LogP) is 3.04. The van der Waals surface area contributed by atoms with Gasteiger partial charge < -0.3 is 10.1 Å². The molecule has 0 amide bonds. The van der Waals surface area contributed by atoms with Crippen molar-refractivity contribution in [2.24, 2.45) is 5.92 Å². The molecule has 112 valence electrons. The maximum atomic E-state index is 12.9. The van der Waals surface area contributed by atoms with E-state index >= 15 is 0 Å². The number of hydrogen-bond acceptors (Lipinski definition) is 3. The summed E-state index contributed by atoms with van der Waals surface area (Å²) in [6, 6.07) is 0. The molecule has 0 saturated heterocycles.